The van der Waals surface area contributed by atoms with Gasteiger partial charge in [0.25, 0.3) is 0 Å². The molecule has 4 nitrogen and oxygen atoms in total. The van der Waals surface area contributed by atoms with Crippen LogP contribution in [0.15, 0.2) is 0 Å². The summed E-state index contributed by atoms with van der Waals surface area (Å²) in [7, 11) is 1.87. The number of aliphatic hydroxyl groups excluding tert-OH is 1. The second-order valence-corrected chi connectivity index (χ2v) is 3.74. The lowest BCUT2D eigenvalue weighted by Gasteiger charge is -2.17. The Hall–Kier alpha value is -0.160. The fourth-order valence-corrected chi connectivity index (χ4v) is 0.973. The molecule has 0 fully saturated rings. The smallest absolute Gasteiger partial charge is 0.101 e. The Morgan fingerprint density at radius 2 is 1.71 bits per heavy atom. The molecule has 0 aliphatic carbocycles. The number of nitrogens with one attached hydrogen (secondary N) is 1. The highest BCUT2D eigenvalue weighted by Gasteiger charge is 2.08. The lowest BCUT2D eigenvalue weighted by Crippen LogP contribution is -2.30. The number of hydrogen-bond donors (Lipinski definition) is 2. The minimum atomic E-state index is -0.531. The lowest BCUT2D eigenvalue weighted by atomic mass is 10.3. The van der Waals surface area contributed by atoms with Gasteiger partial charge in [0.15, 0.2) is 0 Å². The van der Waals surface area contributed by atoms with E-state index in [1.165, 1.54) is 0 Å². The molecular weight excluding hydrogens is 182 g/mol. The summed E-state index contributed by atoms with van der Waals surface area (Å²) < 4.78 is 10.6. The van der Waals surface area contributed by atoms with Crippen LogP contribution in [0.4, 0.5) is 0 Å². The van der Waals surface area contributed by atoms with E-state index in [0.29, 0.717) is 13.2 Å². The van der Waals surface area contributed by atoms with Crippen LogP contribution in [0.3, 0.4) is 0 Å². The van der Waals surface area contributed by atoms with Crippen LogP contribution in [0.2, 0.25) is 0 Å². The number of hydrogen-bond acceptors (Lipinski definition) is 4. The molecule has 0 saturated heterocycles. The molecule has 0 rings (SSSR count). The van der Waals surface area contributed by atoms with Gasteiger partial charge < -0.3 is 19.9 Å². The van der Waals surface area contributed by atoms with Crippen molar-refractivity contribution < 1.29 is 14.6 Å². The predicted molar refractivity (Wildman–Crippen MR) is 56.4 cm³/mol. The first-order valence-corrected chi connectivity index (χ1v) is 5.12. The van der Waals surface area contributed by atoms with Crippen molar-refractivity contribution in [1.29, 1.82) is 0 Å². The van der Waals surface area contributed by atoms with Crippen molar-refractivity contribution in [3.8, 4) is 0 Å². The molecule has 0 aromatic rings. The summed E-state index contributed by atoms with van der Waals surface area (Å²) in [6, 6.07) is 0. The zero-order valence-electron chi connectivity index (χ0n) is 9.62. The summed E-state index contributed by atoms with van der Waals surface area (Å²) in [5, 5.41) is 12.4. The summed E-state index contributed by atoms with van der Waals surface area (Å²) in [4.78, 5) is 0. The highest BCUT2D eigenvalue weighted by Crippen LogP contribution is 1.95. The Kier molecular flexibility index (Phi) is 8.08. The van der Waals surface area contributed by atoms with Crippen LogP contribution < -0.4 is 5.32 Å². The van der Waals surface area contributed by atoms with E-state index in [4.69, 9.17) is 9.47 Å². The van der Waals surface area contributed by atoms with Crippen molar-refractivity contribution in [2.75, 3.05) is 26.8 Å². The van der Waals surface area contributed by atoms with Gasteiger partial charge in [-0.3, -0.25) is 0 Å². The molecule has 4 heteroatoms. The molecule has 0 radical (unpaired) electrons. The number of ether oxygens (including phenoxy) is 2. The van der Waals surface area contributed by atoms with Gasteiger partial charge in [0.2, 0.25) is 0 Å². The Balaban J connectivity index is 3.38. The minimum absolute atomic E-state index is 0.119. The monoisotopic (exact) mass is 205 g/mol. The SMILES string of the molecule is CNCC(C)OCC(O)COC(C)C. The Bertz CT molecular complexity index is 131. The van der Waals surface area contributed by atoms with E-state index < -0.39 is 6.10 Å². The van der Waals surface area contributed by atoms with E-state index in [2.05, 4.69) is 5.32 Å². The summed E-state index contributed by atoms with van der Waals surface area (Å²) >= 11 is 0. The first-order chi connectivity index (χ1) is 6.56. The fraction of sp³-hybridized carbons (Fsp3) is 1.00. The van der Waals surface area contributed by atoms with Crippen molar-refractivity contribution in [3.63, 3.8) is 0 Å². The second-order valence-electron chi connectivity index (χ2n) is 3.74. The molecule has 0 aromatic heterocycles. The number of aliphatic hydroxyl groups is 1. The van der Waals surface area contributed by atoms with Gasteiger partial charge in [0.1, 0.15) is 6.10 Å². The maximum Gasteiger partial charge on any atom is 0.101 e. The first kappa shape index (κ1) is 13.8. The summed E-state index contributed by atoms with van der Waals surface area (Å²) in [5.74, 6) is 0. The number of likely N-dealkylation sites (N-methyl/N-ethyl adjacent to an activating group) is 1. The van der Waals surface area contributed by atoms with Gasteiger partial charge in [0.05, 0.1) is 25.4 Å². The van der Waals surface area contributed by atoms with Crippen molar-refractivity contribution in [2.24, 2.45) is 0 Å². The topological polar surface area (TPSA) is 50.7 Å². The highest BCUT2D eigenvalue weighted by molar-refractivity contribution is 4.57. The third-order valence-electron chi connectivity index (χ3n) is 1.69. The minimum Gasteiger partial charge on any atom is -0.388 e. The molecule has 14 heavy (non-hydrogen) atoms. The van der Waals surface area contributed by atoms with Gasteiger partial charge in [-0.1, -0.05) is 0 Å². The fourth-order valence-electron chi connectivity index (χ4n) is 0.973. The van der Waals surface area contributed by atoms with Crippen LogP contribution in [-0.2, 0) is 9.47 Å². The van der Waals surface area contributed by atoms with Crippen LogP contribution in [0.1, 0.15) is 20.8 Å². The van der Waals surface area contributed by atoms with Crippen LogP contribution in [0, 0.1) is 0 Å². The van der Waals surface area contributed by atoms with Gasteiger partial charge in [-0.15, -0.1) is 0 Å². The molecule has 86 valence electrons. The molecule has 0 spiro atoms. The van der Waals surface area contributed by atoms with E-state index in [9.17, 15) is 5.11 Å². The molecule has 0 heterocycles. The summed E-state index contributed by atoms with van der Waals surface area (Å²) in [6.45, 7) is 7.30. The van der Waals surface area contributed by atoms with Crippen LogP contribution in [0.25, 0.3) is 0 Å². The van der Waals surface area contributed by atoms with Crippen LogP contribution in [-0.4, -0.2) is 50.2 Å². The van der Waals surface area contributed by atoms with Crippen molar-refractivity contribution in [2.45, 2.75) is 39.1 Å². The molecule has 0 saturated carbocycles. The average Bonchev–Trinajstić information content (AvgIpc) is 2.12. The molecule has 0 amide bonds. The van der Waals surface area contributed by atoms with Gasteiger partial charge in [-0.25, -0.2) is 0 Å². The van der Waals surface area contributed by atoms with E-state index >= 15 is 0 Å². The lowest BCUT2D eigenvalue weighted by molar-refractivity contribution is -0.0511. The molecule has 0 aliphatic heterocycles. The van der Waals surface area contributed by atoms with Crippen molar-refractivity contribution in [3.05, 3.63) is 0 Å². The average molecular weight is 205 g/mol. The summed E-state index contributed by atoms with van der Waals surface area (Å²) in [5.41, 5.74) is 0. The quantitative estimate of drug-likeness (QED) is 0.602. The molecular formula is C10H23NO3. The molecule has 2 N–H and O–H groups in total. The van der Waals surface area contributed by atoms with E-state index in [0.717, 1.165) is 6.54 Å². The Morgan fingerprint density at radius 1 is 1.14 bits per heavy atom. The van der Waals surface area contributed by atoms with Crippen LogP contribution in [0.5, 0.6) is 0 Å². The van der Waals surface area contributed by atoms with Crippen LogP contribution >= 0.6 is 0 Å². The molecule has 2 atom stereocenters. The zero-order chi connectivity index (χ0) is 11.0. The molecule has 0 bridgehead atoms. The van der Waals surface area contributed by atoms with Crippen molar-refractivity contribution >= 4 is 0 Å². The third-order valence-corrected chi connectivity index (χ3v) is 1.69. The summed E-state index contributed by atoms with van der Waals surface area (Å²) in [6.07, 6.45) is -0.259. The number of rotatable bonds is 8. The van der Waals surface area contributed by atoms with Crippen molar-refractivity contribution in [1.82, 2.24) is 5.32 Å². The maximum atomic E-state index is 9.44. The van der Waals surface area contributed by atoms with E-state index in [1.54, 1.807) is 0 Å². The molecule has 0 aromatic carbocycles. The normalized spacial score (nSPS) is 15.9. The van der Waals surface area contributed by atoms with E-state index in [1.807, 2.05) is 27.8 Å². The van der Waals surface area contributed by atoms with Gasteiger partial charge in [-0.2, -0.15) is 0 Å². The first-order valence-electron chi connectivity index (χ1n) is 5.12. The van der Waals surface area contributed by atoms with E-state index in [-0.39, 0.29) is 12.2 Å². The predicted octanol–water partition coefficient (Wildman–Crippen LogP) is 0.397. The maximum absolute atomic E-state index is 9.44. The Labute approximate surface area is 86.6 Å². The largest absolute Gasteiger partial charge is 0.388 e. The van der Waals surface area contributed by atoms with Gasteiger partial charge in [-0.05, 0) is 27.8 Å². The third kappa shape index (κ3) is 8.44. The van der Waals surface area contributed by atoms with Gasteiger partial charge in [0, 0.05) is 6.54 Å². The van der Waals surface area contributed by atoms with Gasteiger partial charge >= 0.3 is 0 Å². The zero-order valence-corrected chi connectivity index (χ0v) is 9.62. The molecule has 2 unspecified atom stereocenters. The standard InChI is InChI=1S/C10H23NO3/c1-8(2)13-6-10(12)7-14-9(3)5-11-4/h8-12H,5-7H2,1-4H3. The highest BCUT2D eigenvalue weighted by atomic mass is 16.5. The second kappa shape index (κ2) is 8.17. The Morgan fingerprint density at radius 3 is 2.21 bits per heavy atom. The molecule has 0 aliphatic rings.